The van der Waals surface area contributed by atoms with Crippen LogP contribution in [0.4, 0.5) is 0 Å². The summed E-state index contributed by atoms with van der Waals surface area (Å²) in [4.78, 5) is 14.1. The van der Waals surface area contributed by atoms with Crippen molar-refractivity contribution in [2.45, 2.75) is 25.8 Å². The summed E-state index contributed by atoms with van der Waals surface area (Å²) in [5.41, 5.74) is 1.24. The Hall–Kier alpha value is -1.35. The molecule has 0 unspecified atom stereocenters. The Bertz CT molecular complexity index is 364. The molecule has 17 heavy (non-hydrogen) atoms. The molecule has 0 bridgehead atoms. The Labute approximate surface area is 103 Å². The van der Waals surface area contributed by atoms with E-state index in [-0.39, 0.29) is 5.91 Å². The lowest BCUT2D eigenvalue weighted by Crippen LogP contribution is -2.52. The Morgan fingerprint density at radius 2 is 2.18 bits per heavy atom. The average molecular weight is 232 g/mol. The third-order valence-corrected chi connectivity index (χ3v) is 3.29. The van der Waals surface area contributed by atoms with Crippen LogP contribution >= 0.6 is 0 Å². The molecular weight excluding hydrogens is 212 g/mol. The molecule has 1 aromatic rings. The lowest BCUT2D eigenvalue weighted by atomic mass is 10.1. The lowest BCUT2D eigenvalue weighted by molar-refractivity contribution is -0.133. The van der Waals surface area contributed by atoms with Crippen LogP contribution in [0, 0.1) is 0 Å². The smallest absolute Gasteiger partial charge is 0.223 e. The molecule has 0 spiro atoms. The fraction of sp³-hybridized carbons (Fsp3) is 0.500. The van der Waals surface area contributed by atoms with Gasteiger partial charge in [0.15, 0.2) is 0 Å². The SMILES string of the molecule is C[C@@H]1CNCCN1C(=O)CCc1ccccc1. The van der Waals surface area contributed by atoms with E-state index in [1.165, 1.54) is 5.56 Å². The molecule has 2 rings (SSSR count). The molecule has 0 saturated carbocycles. The molecule has 0 aliphatic carbocycles. The van der Waals surface area contributed by atoms with Crippen LogP contribution in [0.1, 0.15) is 18.9 Å². The zero-order valence-electron chi connectivity index (χ0n) is 10.4. The van der Waals surface area contributed by atoms with Crippen LogP contribution in [0.15, 0.2) is 30.3 Å². The van der Waals surface area contributed by atoms with Gasteiger partial charge in [-0.15, -0.1) is 0 Å². The van der Waals surface area contributed by atoms with E-state index in [1.807, 2.05) is 23.1 Å². The molecule has 1 aliphatic rings. The molecule has 1 atom stereocenters. The fourth-order valence-electron chi connectivity index (χ4n) is 2.25. The summed E-state index contributed by atoms with van der Waals surface area (Å²) in [6.45, 7) is 4.78. The van der Waals surface area contributed by atoms with Gasteiger partial charge >= 0.3 is 0 Å². The fourth-order valence-corrected chi connectivity index (χ4v) is 2.25. The first-order valence-electron chi connectivity index (χ1n) is 6.31. The lowest BCUT2D eigenvalue weighted by Gasteiger charge is -2.34. The average Bonchev–Trinajstić information content (AvgIpc) is 2.38. The topological polar surface area (TPSA) is 32.3 Å². The summed E-state index contributed by atoms with van der Waals surface area (Å²) in [6, 6.07) is 10.5. The standard InChI is InChI=1S/C14H20N2O/c1-12-11-15-9-10-16(12)14(17)8-7-13-5-3-2-4-6-13/h2-6,12,15H,7-11H2,1H3/t12-/m1/s1. The van der Waals surface area contributed by atoms with Crippen molar-refractivity contribution < 1.29 is 4.79 Å². The summed E-state index contributed by atoms with van der Waals surface area (Å²) >= 11 is 0. The molecule has 1 amide bonds. The molecular formula is C14H20N2O. The van der Waals surface area contributed by atoms with E-state index in [4.69, 9.17) is 0 Å². The van der Waals surface area contributed by atoms with E-state index < -0.39 is 0 Å². The molecule has 1 N–H and O–H groups in total. The largest absolute Gasteiger partial charge is 0.337 e. The summed E-state index contributed by atoms with van der Waals surface area (Å²) in [6.07, 6.45) is 1.46. The number of piperazine rings is 1. The molecule has 3 nitrogen and oxygen atoms in total. The summed E-state index contributed by atoms with van der Waals surface area (Å²) < 4.78 is 0. The highest BCUT2D eigenvalue weighted by Crippen LogP contribution is 2.08. The van der Waals surface area contributed by atoms with Gasteiger partial charge in [-0.2, -0.15) is 0 Å². The number of carbonyl (C=O) groups is 1. The van der Waals surface area contributed by atoms with Crippen molar-refractivity contribution in [3.63, 3.8) is 0 Å². The number of nitrogens with one attached hydrogen (secondary N) is 1. The summed E-state index contributed by atoms with van der Waals surface area (Å²) in [5, 5.41) is 3.30. The van der Waals surface area contributed by atoms with Crippen molar-refractivity contribution in [1.29, 1.82) is 0 Å². The van der Waals surface area contributed by atoms with Crippen LogP contribution in [0.2, 0.25) is 0 Å². The highest BCUT2D eigenvalue weighted by Gasteiger charge is 2.22. The van der Waals surface area contributed by atoms with Crippen LogP contribution in [-0.2, 0) is 11.2 Å². The Balaban J connectivity index is 1.84. The van der Waals surface area contributed by atoms with Gasteiger partial charge in [0.2, 0.25) is 5.91 Å². The zero-order valence-corrected chi connectivity index (χ0v) is 10.4. The van der Waals surface area contributed by atoms with Crippen molar-refractivity contribution >= 4 is 5.91 Å². The van der Waals surface area contributed by atoms with Crippen LogP contribution in [0.5, 0.6) is 0 Å². The number of aryl methyl sites for hydroxylation is 1. The van der Waals surface area contributed by atoms with E-state index >= 15 is 0 Å². The highest BCUT2D eigenvalue weighted by atomic mass is 16.2. The van der Waals surface area contributed by atoms with Gasteiger partial charge in [-0.3, -0.25) is 4.79 Å². The second-order valence-corrected chi connectivity index (χ2v) is 4.63. The van der Waals surface area contributed by atoms with Gasteiger partial charge in [0.25, 0.3) is 0 Å². The van der Waals surface area contributed by atoms with E-state index in [2.05, 4.69) is 24.4 Å². The number of nitrogens with zero attached hydrogens (tertiary/aromatic N) is 1. The molecule has 1 aliphatic heterocycles. The number of rotatable bonds is 3. The van der Waals surface area contributed by atoms with Crippen molar-refractivity contribution in [3.05, 3.63) is 35.9 Å². The molecule has 1 fully saturated rings. The first-order valence-corrected chi connectivity index (χ1v) is 6.31. The van der Waals surface area contributed by atoms with Crippen LogP contribution < -0.4 is 5.32 Å². The van der Waals surface area contributed by atoms with Crippen molar-refractivity contribution in [3.8, 4) is 0 Å². The number of amides is 1. The zero-order chi connectivity index (χ0) is 12.1. The van der Waals surface area contributed by atoms with Gasteiger partial charge in [0.1, 0.15) is 0 Å². The maximum absolute atomic E-state index is 12.1. The minimum atomic E-state index is 0.280. The van der Waals surface area contributed by atoms with Crippen LogP contribution in [0.25, 0.3) is 0 Å². The third kappa shape index (κ3) is 3.30. The number of hydrogen-bond acceptors (Lipinski definition) is 2. The molecule has 0 aromatic heterocycles. The molecule has 0 radical (unpaired) electrons. The number of hydrogen-bond donors (Lipinski definition) is 1. The van der Waals surface area contributed by atoms with Crippen LogP contribution in [-0.4, -0.2) is 36.5 Å². The maximum atomic E-state index is 12.1. The maximum Gasteiger partial charge on any atom is 0.223 e. The monoisotopic (exact) mass is 232 g/mol. The Morgan fingerprint density at radius 1 is 1.41 bits per heavy atom. The quantitative estimate of drug-likeness (QED) is 0.855. The molecule has 1 aromatic carbocycles. The van der Waals surface area contributed by atoms with Crippen LogP contribution in [0.3, 0.4) is 0 Å². The van der Waals surface area contributed by atoms with E-state index in [9.17, 15) is 4.79 Å². The Kier molecular flexibility index (Phi) is 4.15. The van der Waals surface area contributed by atoms with Gasteiger partial charge in [-0.1, -0.05) is 30.3 Å². The van der Waals surface area contributed by atoms with Crippen molar-refractivity contribution in [1.82, 2.24) is 10.2 Å². The second kappa shape index (κ2) is 5.82. The Morgan fingerprint density at radius 3 is 2.88 bits per heavy atom. The summed E-state index contributed by atoms with van der Waals surface area (Å²) in [5.74, 6) is 0.280. The number of benzene rings is 1. The van der Waals surface area contributed by atoms with Crippen molar-refractivity contribution in [2.75, 3.05) is 19.6 Å². The minimum Gasteiger partial charge on any atom is -0.337 e. The highest BCUT2D eigenvalue weighted by molar-refractivity contribution is 5.77. The first kappa shape index (κ1) is 12.1. The predicted molar refractivity (Wildman–Crippen MR) is 68.8 cm³/mol. The van der Waals surface area contributed by atoms with Gasteiger partial charge in [-0.05, 0) is 18.9 Å². The third-order valence-electron chi connectivity index (χ3n) is 3.29. The van der Waals surface area contributed by atoms with Crippen molar-refractivity contribution in [2.24, 2.45) is 0 Å². The predicted octanol–water partition coefficient (Wildman–Crippen LogP) is 1.44. The van der Waals surface area contributed by atoms with Gasteiger partial charge in [-0.25, -0.2) is 0 Å². The number of carbonyl (C=O) groups excluding carboxylic acids is 1. The first-order chi connectivity index (χ1) is 8.27. The summed E-state index contributed by atoms with van der Waals surface area (Å²) in [7, 11) is 0. The van der Waals surface area contributed by atoms with E-state index in [1.54, 1.807) is 0 Å². The normalized spacial score (nSPS) is 20.3. The second-order valence-electron chi connectivity index (χ2n) is 4.63. The van der Waals surface area contributed by atoms with Gasteiger partial charge < -0.3 is 10.2 Å². The molecule has 1 heterocycles. The minimum absolute atomic E-state index is 0.280. The molecule has 92 valence electrons. The van der Waals surface area contributed by atoms with Gasteiger partial charge in [0.05, 0.1) is 0 Å². The van der Waals surface area contributed by atoms with E-state index in [0.717, 1.165) is 26.1 Å². The van der Waals surface area contributed by atoms with Gasteiger partial charge in [0, 0.05) is 32.1 Å². The van der Waals surface area contributed by atoms with E-state index in [0.29, 0.717) is 12.5 Å². The molecule has 1 saturated heterocycles. The molecule has 3 heteroatoms.